The summed E-state index contributed by atoms with van der Waals surface area (Å²) in [6, 6.07) is -0.0186. The lowest BCUT2D eigenvalue weighted by atomic mass is 10.2. The first kappa shape index (κ1) is 9.36. The highest BCUT2D eigenvalue weighted by atomic mass is 32.1. The van der Waals surface area contributed by atoms with Gasteiger partial charge in [0.15, 0.2) is 10.8 Å². The third-order valence-electron chi connectivity index (χ3n) is 1.96. The summed E-state index contributed by atoms with van der Waals surface area (Å²) in [6.45, 7) is 3.97. The summed E-state index contributed by atoms with van der Waals surface area (Å²) in [5.74, 6) is 0.810. The number of thiazole rings is 1. The zero-order valence-electron chi connectivity index (χ0n) is 8.11. The molecule has 0 fully saturated rings. The predicted octanol–water partition coefficient (Wildman–Crippen LogP) is 1.86. The Balaban J connectivity index is 2.43. The Kier molecular flexibility index (Phi) is 2.35. The van der Waals surface area contributed by atoms with Crippen LogP contribution in [0.25, 0.3) is 10.8 Å². The molecule has 2 heterocycles. The number of aromatic nitrogens is 3. The molecule has 0 spiro atoms. The van der Waals surface area contributed by atoms with Gasteiger partial charge in [0.25, 0.3) is 0 Å². The molecule has 1 unspecified atom stereocenters. The Morgan fingerprint density at radius 2 is 2.36 bits per heavy atom. The predicted molar refractivity (Wildman–Crippen MR) is 57.0 cm³/mol. The number of aromatic amines is 1. The SMILES string of the molecule is Cc1sc(-c2ncc[nH]2)nc1C(C)N. The molecule has 2 aromatic rings. The molecular formula is C9H12N4S. The van der Waals surface area contributed by atoms with Gasteiger partial charge in [-0.15, -0.1) is 11.3 Å². The average molecular weight is 208 g/mol. The second-order valence-corrected chi connectivity index (χ2v) is 4.39. The minimum Gasteiger partial charge on any atom is -0.343 e. The van der Waals surface area contributed by atoms with E-state index in [0.29, 0.717) is 0 Å². The second kappa shape index (κ2) is 3.51. The fraction of sp³-hybridized carbons (Fsp3) is 0.333. The number of hydrogen-bond donors (Lipinski definition) is 2. The van der Waals surface area contributed by atoms with E-state index in [1.165, 1.54) is 0 Å². The quantitative estimate of drug-likeness (QED) is 0.791. The van der Waals surface area contributed by atoms with Crippen LogP contribution in [0.15, 0.2) is 12.4 Å². The van der Waals surface area contributed by atoms with Crippen molar-refractivity contribution < 1.29 is 0 Å². The van der Waals surface area contributed by atoms with Gasteiger partial charge in [-0.25, -0.2) is 9.97 Å². The Hall–Kier alpha value is -1.20. The molecule has 0 amide bonds. The number of H-pyrrole nitrogens is 1. The minimum atomic E-state index is -0.0186. The van der Waals surface area contributed by atoms with Crippen LogP contribution in [0.5, 0.6) is 0 Å². The lowest BCUT2D eigenvalue weighted by molar-refractivity contribution is 0.783. The van der Waals surface area contributed by atoms with Crippen LogP contribution < -0.4 is 5.73 Å². The van der Waals surface area contributed by atoms with Gasteiger partial charge in [0.05, 0.1) is 5.69 Å². The van der Waals surface area contributed by atoms with E-state index >= 15 is 0 Å². The molecule has 1 atom stereocenters. The van der Waals surface area contributed by atoms with Crippen molar-refractivity contribution in [2.24, 2.45) is 5.73 Å². The molecule has 0 saturated carbocycles. The van der Waals surface area contributed by atoms with Crippen LogP contribution in [0.1, 0.15) is 23.5 Å². The summed E-state index contributed by atoms with van der Waals surface area (Å²) < 4.78 is 0. The fourth-order valence-electron chi connectivity index (χ4n) is 1.31. The van der Waals surface area contributed by atoms with E-state index in [1.54, 1.807) is 23.7 Å². The van der Waals surface area contributed by atoms with Crippen molar-refractivity contribution in [1.82, 2.24) is 15.0 Å². The average Bonchev–Trinajstić information content (AvgIpc) is 2.70. The highest BCUT2D eigenvalue weighted by molar-refractivity contribution is 7.15. The molecule has 4 nitrogen and oxygen atoms in total. The Labute approximate surface area is 86.2 Å². The van der Waals surface area contributed by atoms with E-state index in [2.05, 4.69) is 15.0 Å². The summed E-state index contributed by atoms with van der Waals surface area (Å²) >= 11 is 1.62. The van der Waals surface area contributed by atoms with Crippen LogP contribution in [0.4, 0.5) is 0 Å². The topological polar surface area (TPSA) is 67.6 Å². The fourth-order valence-corrected chi connectivity index (χ4v) is 2.29. The zero-order valence-corrected chi connectivity index (χ0v) is 8.93. The lowest BCUT2D eigenvalue weighted by Crippen LogP contribution is -2.06. The van der Waals surface area contributed by atoms with Crippen LogP contribution in [0, 0.1) is 6.92 Å². The largest absolute Gasteiger partial charge is 0.343 e. The van der Waals surface area contributed by atoms with Gasteiger partial charge in [-0.2, -0.15) is 0 Å². The first-order valence-electron chi connectivity index (χ1n) is 4.41. The molecule has 14 heavy (non-hydrogen) atoms. The van der Waals surface area contributed by atoms with Crippen molar-refractivity contribution in [3.05, 3.63) is 23.0 Å². The number of imidazole rings is 1. The number of nitrogens with zero attached hydrogens (tertiary/aromatic N) is 2. The molecule has 2 rings (SSSR count). The molecule has 0 aliphatic carbocycles. The Bertz CT molecular complexity index is 416. The first-order chi connectivity index (χ1) is 6.68. The van der Waals surface area contributed by atoms with E-state index in [1.807, 2.05) is 13.8 Å². The number of nitrogens with two attached hydrogens (primary N) is 1. The number of rotatable bonds is 2. The van der Waals surface area contributed by atoms with Gasteiger partial charge in [-0.1, -0.05) is 0 Å². The molecule has 0 aliphatic heterocycles. The molecule has 0 aromatic carbocycles. The molecule has 5 heteroatoms. The smallest absolute Gasteiger partial charge is 0.166 e. The third-order valence-corrected chi connectivity index (χ3v) is 2.96. The third kappa shape index (κ3) is 1.56. The summed E-state index contributed by atoms with van der Waals surface area (Å²) in [7, 11) is 0. The molecule has 2 aromatic heterocycles. The van der Waals surface area contributed by atoms with Crippen LogP contribution in [0.2, 0.25) is 0 Å². The second-order valence-electron chi connectivity index (χ2n) is 3.19. The molecule has 0 aliphatic rings. The molecule has 0 bridgehead atoms. The number of hydrogen-bond acceptors (Lipinski definition) is 4. The summed E-state index contributed by atoms with van der Waals surface area (Å²) in [5, 5.41) is 0.903. The molecular weight excluding hydrogens is 196 g/mol. The van der Waals surface area contributed by atoms with Crippen molar-refractivity contribution >= 4 is 11.3 Å². The van der Waals surface area contributed by atoms with Crippen LogP contribution in [0.3, 0.4) is 0 Å². The van der Waals surface area contributed by atoms with E-state index in [9.17, 15) is 0 Å². The van der Waals surface area contributed by atoms with Crippen LogP contribution in [-0.4, -0.2) is 15.0 Å². The maximum atomic E-state index is 5.79. The van der Waals surface area contributed by atoms with Crippen molar-refractivity contribution in [3.63, 3.8) is 0 Å². The normalized spacial score (nSPS) is 13.1. The zero-order chi connectivity index (χ0) is 10.1. The van der Waals surface area contributed by atoms with E-state index in [4.69, 9.17) is 5.73 Å². The van der Waals surface area contributed by atoms with Gasteiger partial charge in [0, 0.05) is 23.3 Å². The van der Waals surface area contributed by atoms with Crippen molar-refractivity contribution in [3.8, 4) is 10.8 Å². The van der Waals surface area contributed by atoms with Crippen molar-refractivity contribution in [2.75, 3.05) is 0 Å². The van der Waals surface area contributed by atoms with Gasteiger partial charge in [0.1, 0.15) is 0 Å². The molecule has 3 N–H and O–H groups in total. The van der Waals surface area contributed by atoms with Gasteiger partial charge in [-0.05, 0) is 13.8 Å². The lowest BCUT2D eigenvalue weighted by Gasteiger charge is -1.99. The highest BCUT2D eigenvalue weighted by Gasteiger charge is 2.13. The minimum absolute atomic E-state index is 0.0186. The maximum Gasteiger partial charge on any atom is 0.166 e. The van der Waals surface area contributed by atoms with Crippen LogP contribution >= 0.6 is 11.3 Å². The summed E-state index contributed by atoms with van der Waals surface area (Å²) in [4.78, 5) is 12.8. The Morgan fingerprint density at radius 1 is 1.57 bits per heavy atom. The molecule has 74 valence electrons. The Morgan fingerprint density at radius 3 is 2.86 bits per heavy atom. The summed E-state index contributed by atoms with van der Waals surface area (Å²) in [5.41, 5.74) is 6.75. The maximum absolute atomic E-state index is 5.79. The molecule has 0 radical (unpaired) electrons. The van der Waals surface area contributed by atoms with Gasteiger partial charge >= 0.3 is 0 Å². The van der Waals surface area contributed by atoms with Gasteiger partial charge in [-0.3, -0.25) is 0 Å². The van der Waals surface area contributed by atoms with Gasteiger partial charge < -0.3 is 10.7 Å². The van der Waals surface area contributed by atoms with E-state index in [-0.39, 0.29) is 6.04 Å². The van der Waals surface area contributed by atoms with E-state index in [0.717, 1.165) is 21.4 Å². The van der Waals surface area contributed by atoms with Crippen molar-refractivity contribution in [1.29, 1.82) is 0 Å². The van der Waals surface area contributed by atoms with Crippen LogP contribution in [-0.2, 0) is 0 Å². The summed E-state index contributed by atoms with van der Waals surface area (Å²) in [6.07, 6.45) is 3.51. The van der Waals surface area contributed by atoms with Crippen molar-refractivity contribution in [2.45, 2.75) is 19.9 Å². The first-order valence-corrected chi connectivity index (χ1v) is 5.23. The highest BCUT2D eigenvalue weighted by Crippen LogP contribution is 2.27. The monoisotopic (exact) mass is 208 g/mol. The van der Waals surface area contributed by atoms with E-state index < -0.39 is 0 Å². The van der Waals surface area contributed by atoms with Gasteiger partial charge in [0.2, 0.25) is 0 Å². The number of nitrogens with one attached hydrogen (secondary N) is 1. The number of aryl methyl sites for hydroxylation is 1. The molecule has 0 saturated heterocycles. The standard InChI is InChI=1S/C9H12N4S/c1-5(10)7-6(2)14-9(13-7)8-11-3-4-12-8/h3-5H,10H2,1-2H3,(H,11,12).